The van der Waals surface area contributed by atoms with Gasteiger partial charge in [0.05, 0.1) is 6.26 Å². The third-order valence-electron chi connectivity index (χ3n) is 3.24. The zero-order valence-corrected chi connectivity index (χ0v) is 6.99. The average molecular weight is 163 g/mol. The zero-order valence-electron chi connectivity index (χ0n) is 6.99. The Bertz CT molecular complexity index is 267. The molecule has 2 nitrogen and oxygen atoms in total. The first-order valence-corrected chi connectivity index (χ1v) is 4.70. The summed E-state index contributed by atoms with van der Waals surface area (Å²) in [5, 5.41) is 3.53. The van der Waals surface area contributed by atoms with Crippen molar-refractivity contribution < 1.29 is 4.42 Å². The molecule has 2 bridgehead atoms. The van der Waals surface area contributed by atoms with Gasteiger partial charge in [0.25, 0.3) is 0 Å². The number of furan rings is 1. The van der Waals surface area contributed by atoms with Crippen LogP contribution in [0.5, 0.6) is 0 Å². The molecule has 1 aliphatic heterocycles. The van der Waals surface area contributed by atoms with Crippen LogP contribution in [-0.4, -0.2) is 12.6 Å². The number of nitrogens with one attached hydrogen (secondary N) is 1. The molecule has 1 aromatic rings. The molecule has 2 fully saturated rings. The van der Waals surface area contributed by atoms with Crippen LogP contribution in [-0.2, 0) is 0 Å². The molecule has 64 valence electrons. The first kappa shape index (κ1) is 6.72. The Morgan fingerprint density at radius 2 is 2.42 bits per heavy atom. The fourth-order valence-corrected chi connectivity index (χ4v) is 2.67. The van der Waals surface area contributed by atoms with Crippen LogP contribution in [0.15, 0.2) is 22.8 Å². The molecular formula is C10H13NO. The van der Waals surface area contributed by atoms with E-state index >= 15 is 0 Å². The second kappa shape index (κ2) is 2.36. The SMILES string of the molecule is c1coc(C2CC3CNC2C3)c1. The summed E-state index contributed by atoms with van der Waals surface area (Å²) in [7, 11) is 0. The number of rotatable bonds is 1. The summed E-state index contributed by atoms with van der Waals surface area (Å²) in [5.74, 6) is 2.73. The summed E-state index contributed by atoms with van der Waals surface area (Å²) in [6.45, 7) is 1.22. The van der Waals surface area contributed by atoms with E-state index in [0.717, 1.165) is 5.92 Å². The van der Waals surface area contributed by atoms with E-state index < -0.39 is 0 Å². The Labute approximate surface area is 72.0 Å². The molecule has 0 aromatic carbocycles. The predicted molar refractivity (Wildman–Crippen MR) is 46.0 cm³/mol. The average Bonchev–Trinajstić information content (AvgIpc) is 2.81. The van der Waals surface area contributed by atoms with Gasteiger partial charge in [-0.05, 0) is 37.4 Å². The molecule has 1 aromatic heterocycles. The van der Waals surface area contributed by atoms with E-state index in [2.05, 4.69) is 11.4 Å². The van der Waals surface area contributed by atoms with Gasteiger partial charge in [0.2, 0.25) is 0 Å². The topological polar surface area (TPSA) is 25.2 Å². The van der Waals surface area contributed by atoms with Gasteiger partial charge in [0, 0.05) is 12.0 Å². The van der Waals surface area contributed by atoms with Gasteiger partial charge in [-0.3, -0.25) is 0 Å². The third kappa shape index (κ3) is 0.845. The maximum absolute atomic E-state index is 5.43. The second-order valence-corrected chi connectivity index (χ2v) is 3.97. The molecule has 0 spiro atoms. The molecule has 12 heavy (non-hydrogen) atoms. The van der Waals surface area contributed by atoms with Gasteiger partial charge < -0.3 is 9.73 Å². The van der Waals surface area contributed by atoms with Crippen molar-refractivity contribution in [3.8, 4) is 0 Å². The maximum atomic E-state index is 5.43. The van der Waals surface area contributed by atoms with E-state index in [1.165, 1.54) is 25.1 Å². The molecule has 1 aliphatic carbocycles. The standard InChI is InChI=1S/C10H13NO/c1-2-10(12-3-1)8-4-7-5-9(8)11-6-7/h1-3,7-9,11H,4-6H2. The fourth-order valence-electron chi connectivity index (χ4n) is 2.67. The quantitative estimate of drug-likeness (QED) is 0.682. The van der Waals surface area contributed by atoms with E-state index in [4.69, 9.17) is 4.42 Å². The zero-order chi connectivity index (χ0) is 7.97. The Kier molecular flexibility index (Phi) is 1.32. The van der Waals surface area contributed by atoms with Crippen molar-refractivity contribution in [2.45, 2.75) is 24.8 Å². The summed E-state index contributed by atoms with van der Waals surface area (Å²) in [6.07, 6.45) is 4.46. The Morgan fingerprint density at radius 3 is 3.00 bits per heavy atom. The molecule has 3 atom stereocenters. The summed E-state index contributed by atoms with van der Waals surface area (Å²) < 4.78 is 5.43. The van der Waals surface area contributed by atoms with E-state index in [-0.39, 0.29) is 0 Å². The minimum absolute atomic E-state index is 0.652. The Hall–Kier alpha value is -0.760. The monoisotopic (exact) mass is 163 g/mol. The molecule has 0 radical (unpaired) electrons. The first-order valence-electron chi connectivity index (χ1n) is 4.70. The van der Waals surface area contributed by atoms with Crippen molar-refractivity contribution >= 4 is 0 Å². The highest BCUT2D eigenvalue weighted by Crippen LogP contribution is 2.42. The summed E-state index contributed by atoms with van der Waals surface area (Å²) in [5.41, 5.74) is 0. The molecule has 1 N–H and O–H groups in total. The number of hydrogen-bond acceptors (Lipinski definition) is 2. The van der Waals surface area contributed by atoms with Gasteiger partial charge in [0.1, 0.15) is 5.76 Å². The molecule has 1 saturated carbocycles. The summed E-state index contributed by atoms with van der Waals surface area (Å²) >= 11 is 0. The Morgan fingerprint density at radius 1 is 1.42 bits per heavy atom. The van der Waals surface area contributed by atoms with Gasteiger partial charge in [-0.2, -0.15) is 0 Å². The van der Waals surface area contributed by atoms with Crippen molar-refractivity contribution in [3.05, 3.63) is 24.2 Å². The van der Waals surface area contributed by atoms with Crippen LogP contribution < -0.4 is 5.32 Å². The lowest BCUT2D eigenvalue weighted by Crippen LogP contribution is -2.30. The molecule has 0 amide bonds. The van der Waals surface area contributed by atoms with Gasteiger partial charge in [-0.1, -0.05) is 0 Å². The second-order valence-electron chi connectivity index (χ2n) is 3.97. The van der Waals surface area contributed by atoms with Crippen LogP contribution in [0.25, 0.3) is 0 Å². The molecular weight excluding hydrogens is 150 g/mol. The fraction of sp³-hybridized carbons (Fsp3) is 0.600. The van der Waals surface area contributed by atoms with Gasteiger partial charge in [-0.15, -0.1) is 0 Å². The summed E-state index contributed by atoms with van der Waals surface area (Å²) in [6, 6.07) is 4.79. The van der Waals surface area contributed by atoms with Crippen LogP contribution in [0.2, 0.25) is 0 Å². The predicted octanol–water partition coefficient (Wildman–Crippen LogP) is 1.74. The highest BCUT2D eigenvalue weighted by Gasteiger charge is 2.41. The van der Waals surface area contributed by atoms with Crippen LogP contribution in [0.3, 0.4) is 0 Å². The molecule has 3 rings (SSSR count). The van der Waals surface area contributed by atoms with E-state index in [1.807, 2.05) is 6.07 Å². The van der Waals surface area contributed by atoms with Crippen LogP contribution in [0.1, 0.15) is 24.5 Å². The van der Waals surface area contributed by atoms with Crippen molar-refractivity contribution in [1.82, 2.24) is 5.32 Å². The highest BCUT2D eigenvalue weighted by molar-refractivity contribution is 5.14. The molecule has 1 saturated heterocycles. The van der Waals surface area contributed by atoms with Crippen molar-refractivity contribution in [2.24, 2.45) is 5.92 Å². The lowest BCUT2D eigenvalue weighted by atomic mass is 9.97. The minimum Gasteiger partial charge on any atom is -0.469 e. The van der Waals surface area contributed by atoms with Crippen LogP contribution >= 0.6 is 0 Å². The largest absolute Gasteiger partial charge is 0.469 e. The molecule has 2 heterocycles. The van der Waals surface area contributed by atoms with Gasteiger partial charge >= 0.3 is 0 Å². The number of fused-ring (bicyclic) bond motifs is 2. The highest BCUT2D eigenvalue weighted by atomic mass is 16.3. The lowest BCUT2D eigenvalue weighted by molar-refractivity contribution is 0.379. The van der Waals surface area contributed by atoms with E-state index in [9.17, 15) is 0 Å². The van der Waals surface area contributed by atoms with Gasteiger partial charge in [-0.25, -0.2) is 0 Å². The van der Waals surface area contributed by atoms with Crippen LogP contribution in [0.4, 0.5) is 0 Å². The van der Waals surface area contributed by atoms with E-state index in [1.54, 1.807) is 6.26 Å². The first-order chi connectivity index (χ1) is 5.93. The number of piperidine rings is 1. The van der Waals surface area contributed by atoms with E-state index in [0.29, 0.717) is 12.0 Å². The number of hydrogen-bond donors (Lipinski definition) is 1. The lowest BCUT2D eigenvalue weighted by Gasteiger charge is -2.20. The molecule has 2 heteroatoms. The molecule has 2 aliphatic rings. The van der Waals surface area contributed by atoms with Crippen molar-refractivity contribution in [2.75, 3.05) is 6.54 Å². The maximum Gasteiger partial charge on any atom is 0.108 e. The van der Waals surface area contributed by atoms with Crippen molar-refractivity contribution in [3.63, 3.8) is 0 Å². The minimum atomic E-state index is 0.652. The van der Waals surface area contributed by atoms with Crippen LogP contribution in [0, 0.1) is 5.92 Å². The van der Waals surface area contributed by atoms with Crippen molar-refractivity contribution in [1.29, 1.82) is 0 Å². The smallest absolute Gasteiger partial charge is 0.108 e. The van der Waals surface area contributed by atoms with Gasteiger partial charge in [0.15, 0.2) is 0 Å². The molecule has 3 unspecified atom stereocenters. The summed E-state index contributed by atoms with van der Waals surface area (Å²) in [4.78, 5) is 0. The Balaban J connectivity index is 1.87. The third-order valence-corrected chi connectivity index (χ3v) is 3.24. The normalized spacial score (nSPS) is 39.2.